The van der Waals surface area contributed by atoms with Crippen molar-refractivity contribution in [3.05, 3.63) is 108 Å². The van der Waals surface area contributed by atoms with Crippen molar-refractivity contribution in [3.8, 4) is 0 Å². The summed E-state index contributed by atoms with van der Waals surface area (Å²) in [6.07, 6.45) is 3.18. The number of hydrogen-bond donors (Lipinski definition) is 2. The number of amides is 1. The molecule has 1 aliphatic carbocycles. The molecule has 1 fully saturated rings. The molecule has 6 heteroatoms. The third-order valence-corrected chi connectivity index (χ3v) is 7.73. The highest BCUT2D eigenvalue weighted by atomic mass is 16.5. The molecule has 0 spiro atoms. The fraction of sp³-hybridized carbons (Fsp3) is 0.400. The van der Waals surface area contributed by atoms with Crippen LogP contribution in [0, 0.1) is 11.8 Å². The van der Waals surface area contributed by atoms with E-state index in [2.05, 4.69) is 34.9 Å². The molecule has 0 bridgehead atoms. The SMILES string of the molecule is CC(C)C[C@@H](NC(=O)[C@H](CC(=O)CNCC1(c2ccccc2)CC1)Cc1ccccc1)C(=O)OCc1ccccc1. The number of nitrogens with one attached hydrogen (secondary N) is 2. The predicted octanol–water partition coefficient (Wildman–Crippen LogP) is 5.40. The average molecular weight is 555 g/mol. The van der Waals surface area contributed by atoms with Crippen LogP contribution in [0.15, 0.2) is 91.0 Å². The number of benzene rings is 3. The van der Waals surface area contributed by atoms with Crippen LogP contribution in [0.4, 0.5) is 0 Å². The van der Waals surface area contributed by atoms with Crippen LogP contribution in [0.2, 0.25) is 0 Å². The Balaban J connectivity index is 1.37. The summed E-state index contributed by atoms with van der Waals surface area (Å²) in [5.41, 5.74) is 3.26. The lowest BCUT2D eigenvalue weighted by Gasteiger charge is -2.23. The van der Waals surface area contributed by atoms with Gasteiger partial charge >= 0.3 is 5.97 Å². The second kappa shape index (κ2) is 14.7. The Bertz CT molecular complexity index is 1260. The van der Waals surface area contributed by atoms with Gasteiger partial charge in [0.25, 0.3) is 0 Å². The van der Waals surface area contributed by atoms with E-state index in [0.717, 1.165) is 30.5 Å². The monoisotopic (exact) mass is 554 g/mol. The van der Waals surface area contributed by atoms with Crippen molar-refractivity contribution in [1.82, 2.24) is 10.6 Å². The Morgan fingerprint density at radius 1 is 0.829 bits per heavy atom. The van der Waals surface area contributed by atoms with Crippen LogP contribution < -0.4 is 10.6 Å². The Kier molecular flexibility index (Phi) is 10.9. The van der Waals surface area contributed by atoms with Crippen LogP contribution in [-0.2, 0) is 37.6 Å². The van der Waals surface area contributed by atoms with Crippen molar-refractivity contribution in [2.75, 3.05) is 13.1 Å². The second-order valence-corrected chi connectivity index (χ2v) is 11.7. The Labute approximate surface area is 243 Å². The topological polar surface area (TPSA) is 84.5 Å². The Morgan fingerprint density at radius 3 is 2.00 bits per heavy atom. The number of ketones is 1. The number of carbonyl (C=O) groups is 3. The molecular formula is C35H42N2O4. The van der Waals surface area contributed by atoms with Crippen molar-refractivity contribution in [2.24, 2.45) is 11.8 Å². The largest absolute Gasteiger partial charge is 0.459 e. The van der Waals surface area contributed by atoms with E-state index >= 15 is 0 Å². The first kappa shape index (κ1) is 30.2. The Hall–Kier alpha value is -3.77. The molecule has 1 amide bonds. The minimum atomic E-state index is -0.779. The third kappa shape index (κ3) is 9.39. The molecule has 2 atom stereocenters. The molecule has 41 heavy (non-hydrogen) atoms. The number of Topliss-reactive ketones (excluding diaryl/α,β-unsaturated/α-hetero) is 1. The van der Waals surface area contributed by atoms with E-state index in [-0.39, 0.29) is 42.6 Å². The maximum Gasteiger partial charge on any atom is 0.328 e. The highest BCUT2D eigenvalue weighted by Gasteiger charge is 2.43. The lowest BCUT2D eigenvalue weighted by molar-refractivity contribution is -0.150. The molecule has 4 rings (SSSR count). The van der Waals surface area contributed by atoms with Crippen molar-refractivity contribution in [1.29, 1.82) is 0 Å². The van der Waals surface area contributed by atoms with Gasteiger partial charge in [-0.3, -0.25) is 9.59 Å². The lowest BCUT2D eigenvalue weighted by atomic mass is 9.92. The summed E-state index contributed by atoms with van der Waals surface area (Å²) in [6, 6.07) is 28.8. The fourth-order valence-corrected chi connectivity index (χ4v) is 5.26. The van der Waals surface area contributed by atoms with Crippen LogP contribution in [0.25, 0.3) is 0 Å². The lowest BCUT2D eigenvalue weighted by Crippen LogP contribution is -2.46. The summed E-state index contributed by atoms with van der Waals surface area (Å²) < 4.78 is 5.57. The van der Waals surface area contributed by atoms with E-state index in [1.807, 2.05) is 80.6 Å². The van der Waals surface area contributed by atoms with Crippen LogP contribution >= 0.6 is 0 Å². The minimum Gasteiger partial charge on any atom is -0.459 e. The molecule has 0 heterocycles. The van der Waals surface area contributed by atoms with Gasteiger partial charge in [0.15, 0.2) is 0 Å². The molecule has 6 nitrogen and oxygen atoms in total. The summed E-state index contributed by atoms with van der Waals surface area (Å²) in [6.45, 7) is 5.10. The van der Waals surface area contributed by atoms with E-state index in [0.29, 0.717) is 12.8 Å². The molecule has 216 valence electrons. The summed E-state index contributed by atoms with van der Waals surface area (Å²) in [5, 5.41) is 6.29. The summed E-state index contributed by atoms with van der Waals surface area (Å²) in [5.74, 6) is -1.20. The van der Waals surface area contributed by atoms with E-state index in [9.17, 15) is 14.4 Å². The summed E-state index contributed by atoms with van der Waals surface area (Å²) in [4.78, 5) is 39.7. The van der Waals surface area contributed by atoms with Gasteiger partial charge in [0.1, 0.15) is 18.4 Å². The van der Waals surface area contributed by atoms with Crippen LogP contribution in [0.1, 0.15) is 56.2 Å². The van der Waals surface area contributed by atoms with E-state index in [4.69, 9.17) is 4.74 Å². The molecule has 0 saturated heterocycles. The van der Waals surface area contributed by atoms with E-state index in [1.165, 1.54) is 5.56 Å². The van der Waals surface area contributed by atoms with Crippen LogP contribution in [0.5, 0.6) is 0 Å². The smallest absolute Gasteiger partial charge is 0.328 e. The number of rotatable bonds is 16. The van der Waals surface area contributed by atoms with Gasteiger partial charge in [0.05, 0.1) is 6.54 Å². The van der Waals surface area contributed by atoms with Gasteiger partial charge < -0.3 is 15.4 Å². The van der Waals surface area contributed by atoms with Gasteiger partial charge in [-0.2, -0.15) is 0 Å². The molecule has 1 aliphatic rings. The molecule has 0 radical (unpaired) electrons. The molecule has 2 N–H and O–H groups in total. The molecular weight excluding hydrogens is 512 g/mol. The maximum atomic E-state index is 13.6. The maximum absolute atomic E-state index is 13.6. The first-order chi connectivity index (χ1) is 19.8. The van der Waals surface area contributed by atoms with Crippen LogP contribution in [0.3, 0.4) is 0 Å². The van der Waals surface area contributed by atoms with Crippen molar-refractivity contribution in [2.45, 2.75) is 64.0 Å². The second-order valence-electron chi connectivity index (χ2n) is 11.7. The van der Waals surface area contributed by atoms with Crippen molar-refractivity contribution in [3.63, 3.8) is 0 Å². The average Bonchev–Trinajstić information content (AvgIpc) is 3.77. The fourth-order valence-electron chi connectivity index (χ4n) is 5.26. The van der Waals surface area contributed by atoms with Crippen molar-refractivity contribution >= 4 is 17.7 Å². The highest BCUT2D eigenvalue weighted by Crippen LogP contribution is 2.47. The van der Waals surface area contributed by atoms with Gasteiger partial charge in [-0.05, 0) is 48.3 Å². The number of carbonyl (C=O) groups excluding carboxylic acids is 3. The zero-order chi connectivity index (χ0) is 29.1. The standard InChI is InChI=1S/C35H42N2O4/c1-26(2)20-32(34(40)41-24-28-14-8-4-9-15-28)37-33(39)29(21-27-12-6-3-7-13-27)22-31(38)23-36-25-35(18-19-35)30-16-10-5-11-17-30/h3-17,26,29,32,36H,18-25H2,1-2H3,(H,37,39)/t29-,32+/m0/s1. The number of ether oxygens (including phenoxy) is 1. The first-order valence-corrected chi connectivity index (χ1v) is 14.7. The van der Waals surface area contributed by atoms with Gasteiger partial charge in [-0.25, -0.2) is 4.79 Å². The molecule has 1 saturated carbocycles. The highest BCUT2D eigenvalue weighted by molar-refractivity contribution is 5.90. The molecule has 3 aromatic rings. The molecule has 0 unspecified atom stereocenters. The number of esters is 1. The van der Waals surface area contributed by atoms with E-state index < -0.39 is 17.9 Å². The van der Waals surface area contributed by atoms with Gasteiger partial charge in [-0.1, -0.05) is 105 Å². The zero-order valence-electron chi connectivity index (χ0n) is 24.2. The van der Waals surface area contributed by atoms with Crippen molar-refractivity contribution < 1.29 is 19.1 Å². The minimum absolute atomic E-state index is 0.0167. The van der Waals surface area contributed by atoms with Gasteiger partial charge in [-0.15, -0.1) is 0 Å². The van der Waals surface area contributed by atoms with Gasteiger partial charge in [0, 0.05) is 24.3 Å². The summed E-state index contributed by atoms with van der Waals surface area (Å²) >= 11 is 0. The first-order valence-electron chi connectivity index (χ1n) is 14.7. The normalized spacial score (nSPS) is 15.1. The molecule has 0 aromatic heterocycles. The summed E-state index contributed by atoms with van der Waals surface area (Å²) in [7, 11) is 0. The van der Waals surface area contributed by atoms with Gasteiger partial charge in [0.2, 0.25) is 5.91 Å². The van der Waals surface area contributed by atoms with E-state index in [1.54, 1.807) is 0 Å². The Morgan fingerprint density at radius 2 is 1.41 bits per heavy atom. The third-order valence-electron chi connectivity index (χ3n) is 7.73. The molecule has 0 aliphatic heterocycles. The zero-order valence-corrected chi connectivity index (χ0v) is 24.2. The van der Waals surface area contributed by atoms with Crippen LogP contribution in [-0.4, -0.2) is 36.8 Å². The molecule has 3 aromatic carbocycles. The predicted molar refractivity (Wildman–Crippen MR) is 161 cm³/mol. The number of hydrogen-bond acceptors (Lipinski definition) is 5. The quantitative estimate of drug-likeness (QED) is 0.232.